The van der Waals surface area contributed by atoms with Gasteiger partial charge in [0.1, 0.15) is 0 Å². The Labute approximate surface area is 159 Å². The summed E-state index contributed by atoms with van der Waals surface area (Å²) in [5, 5.41) is 3.89. The molecule has 0 radical (unpaired) electrons. The van der Waals surface area contributed by atoms with Crippen molar-refractivity contribution < 1.29 is 8.42 Å². The van der Waals surface area contributed by atoms with E-state index >= 15 is 0 Å². The van der Waals surface area contributed by atoms with Crippen LogP contribution in [-0.4, -0.2) is 14.6 Å². The van der Waals surface area contributed by atoms with Crippen molar-refractivity contribution in [2.75, 3.05) is 0 Å². The van der Waals surface area contributed by atoms with Gasteiger partial charge < -0.3 is 0 Å². The molecule has 3 aromatic rings. The number of sulfonamides is 1. The molecule has 1 N–H and O–H groups in total. The third-order valence-electron chi connectivity index (χ3n) is 3.99. The molecule has 0 aromatic heterocycles. The topological polar surface area (TPSA) is 58.5 Å². The standard InChI is InChI=1S/C22H20N2O2S/c1-18-12-14-21(15-13-18)27(25,26)24-23-17-16-22(19-8-4-2-5-9-19)20-10-6-3-7-11-20/h2-17,24H,1H3/b23-17+. The van der Waals surface area contributed by atoms with Crippen molar-refractivity contribution in [1.29, 1.82) is 0 Å². The summed E-state index contributed by atoms with van der Waals surface area (Å²) in [4.78, 5) is 2.43. The molecule has 0 bridgehead atoms. The largest absolute Gasteiger partial charge is 0.276 e. The van der Waals surface area contributed by atoms with Crippen LogP contribution in [0.25, 0.3) is 5.57 Å². The summed E-state index contributed by atoms with van der Waals surface area (Å²) in [5.41, 5.74) is 4.00. The van der Waals surface area contributed by atoms with Gasteiger partial charge in [0.05, 0.1) is 4.90 Å². The molecular formula is C22H20N2O2S. The fourth-order valence-corrected chi connectivity index (χ4v) is 3.38. The maximum atomic E-state index is 12.3. The van der Waals surface area contributed by atoms with Crippen molar-refractivity contribution in [1.82, 2.24) is 4.83 Å². The molecule has 3 rings (SSSR count). The average Bonchev–Trinajstić information content (AvgIpc) is 2.69. The maximum absolute atomic E-state index is 12.3. The number of benzene rings is 3. The van der Waals surface area contributed by atoms with Crippen LogP contribution in [0.2, 0.25) is 0 Å². The third-order valence-corrected chi connectivity index (χ3v) is 5.23. The van der Waals surface area contributed by atoms with Crippen molar-refractivity contribution in [3.8, 4) is 0 Å². The number of aryl methyl sites for hydroxylation is 1. The second-order valence-electron chi connectivity index (χ2n) is 6.00. The first-order chi connectivity index (χ1) is 13.1. The molecule has 0 saturated carbocycles. The van der Waals surface area contributed by atoms with Crippen LogP contribution in [0.15, 0.2) is 101 Å². The number of nitrogens with zero attached hydrogens (tertiary/aromatic N) is 1. The van der Waals surface area contributed by atoms with Gasteiger partial charge in [-0.25, -0.2) is 4.83 Å². The highest BCUT2D eigenvalue weighted by Gasteiger charge is 2.11. The Morgan fingerprint density at radius 3 is 1.85 bits per heavy atom. The summed E-state index contributed by atoms with van der Waals surface area (Å²) in [7, 11) is -3.68. The Morgan fingerprint density at radius 2 is 1.33 bits per heavy atom. The van der Waals surface area contributed by atoms with Gasteiger partial charge in [-0.15, -0.1) is 0 Å². The molecule has 0 fully saturated rings. The van der Waals surface area contributed by atoms with Gasteiger partial charge in [-0.2, -0.15) is 13.5 Å². The van der Waals surface area contributed by atoms with Gasteiger partial charge in [0, 0.05) is 6.21 Å². The lowest BCUT2D eigenvalue weighted by Gasteiger charge is -2.07. The molecule has 0 heterocycles. The molecule has 27 heavy (non-hydrogen) atoms. The van der Waals surface area contributed by atoms with Crippen molar-refractivity contribution in [3.63, 3.8) is 0 Å². The normalized spacial score (nSPS) is 11.3. The molecular weight excluding hydrogens is 356 g/mol. The number of allylic oxidation sites excluding steroid dienone is 1. The van der Waals surface area contributed by atoms with Crippen molar-refractivity contribution in [2.24, 2.45) is 5.10 Å². The van der Waals surface area contributed by atoms with E-state index in [4.69, 9.17) is 0 Å². The van der Waals surface area contributed by atoms with Gasteiger partial charge in [-0.3, -0.25) is 0 Å². The summed E-state index contributed by atoms with van der Waals surface area (Å²) in [6, 6.07) is 26.4. The quantitative estimate of drug-likeness (QED) is 0.512. The van der Waals surface area contributed by atoms with Gasteiger partial charge in [0.15, 0.2) is 0 Å². The van der Waals surface area contributed by atoms with Crippen LogP contribution < -0.4 is 4.83 Å². The Kier molecular flexibility index (Phi) is 5.84. The highest BCUT2D eigenvalue weighted by Crippen LogP contribution is 2.22. The van der Waals surface area contributed by atoms with Crippen LogP contribution >= 0.6 is 0 Å². The average molecular weight is 376 g/mol. The minimum atomic E-state index is -3.68. The molecule has 136 valence electrons. The maximum Gasteiger partial charge on any atom is 0.276 e. The highest BCUT2D eigenvalue weighted by molar-refractivity contribution is 7.89. The van der Waals surface area contributed by atoms with E-state index in [0.717, 1.165) is 22.3 Å². The monoisotopic (exact) mass is 376 g/mol. The van der Waals surface area contributed by atoms with Gasteiger partial charge in [0.2, 0.25) is 0 Å². The van der Waals surface area contributed by atoms with Crippen LogP contribution in [0.5, 0.6) is 0 Å². The molecule has 5 heteroatoms. The summed E-state index contributed by atoms with van der Waals surface area (Å²) in [5.74, 6) is 0. The van der Waals surface area contributed by atoms with E-state index in [-0.39, 0.29) is 4.90 Å². The smallest absolute Gasteiger partial charge is 0.200 e. The first-order valence-electron chi connectivity index (χ1n) is 8.49. The third kappa shape index (κ3) is 4.92. The molecule has 0 unspecified atom stereocenters. The van der Waals surface area contributed by atoms with Gasteiger partial charge >= 0.3 is 0 Å². The van der Waals surface area contributed by atoms with E-state index in [1.807, 2.05) is 67.6 Å². The number of hydrazone groups is 1. The lowest BCUT2D eigenvalue weighted by atomic mass is 9.98. The second kappa shape index (κ2) is 8.47. The van der Waals surface area contributed by atoms with Crippen molar-refractivity contribution in [3.05, 3.63) is 108 Å². The van der Waals surface area contributed by atoms with Gasteiger partial charge in [-0.05, 0) is 41.8 Å². The van der Waals surface area contributed by atoms with E-state index in [2.05, 4.69) is 9.93 Å². The molecule has 0 aliphatic carbocycles. The van der Waals surface area contributed by atoms with Crippen LogP contribution in [0.1, 0.15) is 16.7 Å². The Morgan fingerprint density at radius 1 is 0.815 bits per heavy atom. The van der Waals surface area contributed by atoms with E-state index in [0.29, 0.717) is 0 Å². The first-order valence-corrected chi connectivity index (χ1v) is 9.97. The fourth-order valence-electron chi connectivity index (χ4n) is 2.58. The molecule has 0 aliphatic heterocycles. The number of hydrogen-bond donors (Lipinski definition) is 1. The molecule has 0 amide bonds. The number of nitrogens with one attached hydrogen (secondary N) is 1. The Balaban J connectivity index is 1.83. The molecule has 4 nitrogen and oxygen atoms in total. The van der Waals surface area contributed by atoms with Crippen LogP contribution in [-0.2, 0) is 10.0 Å². The van der Waals surface area contributed by atoms with Gasteiger partial charge in [0.25, 0.3) is 10.0 Å². The molecule has 3 aromatic carbocycles. The molecule has 0 spiro atoms. The predicted octanol–water partition coefficient (Wildman–Crippen LogP) is 4.39. The lowest BCUT2D eigenvalue weighted by molar-refractivity contribution is 0.584. The van der Waals surface area contributed by atoms with E-state index < -0.39 is 10.0 Å². The Hall–Kier alpha value is -3.18. The summed E-state index contributed by atoms with van der Waals surface area (Å²) in [6.45, 7) is 1.90. The minimum Gasteiger partial charge on any atom is -0.200 e. The van der Waals surface area contributed by atoms with Crippen LogP contribution in [0.4, 0.5) is 0 Å². The molecule has 0 aliphatic rings. The summed E-state index contributed by atoms with van der Waals surface area (Å²) in [6.07, 6.45) is 3.25. The SMILES string of the molecule is Cc1ccc(S(=O)(=O)N/N=C/C=C(c2ccccc2)c2ccccc2)cc1. The minimum absolute atomic E-state index is 0.181. The zero-order chi connectivity index (χ0) is 19.1. The van der Waals surface area contributed by atoms with E-state index in [1.165, 1.54) is 6.21 Å². The van der Waals surface area contributed by atoms with E-state index in [9.17, 15) is 8.42 Å². The highest BCUT2D eigenvalue weighted by atomic mass is 32.2. The fraction of sp³-hybridized carbons (Fsp3) is 0.0455. The summed E-state index contributed by atoms with van der Waals surface area (Å²) < 4.78 is 24.6. The molecule has 0 atom stereocenters. The van der Waals surface area contributed by atoms with E-state index in [1.54, 1.807) is 30.3 Å². The second-order valence-corrected chi connectivity index (χ2v) is 7.66. The lowest BCUT2D eigenvalue weighted by Crippen LogP contribution is -2.18. The van der Waals surface area contributed by atoms with Crippen LogP contribution in [0.3, 0.4) is 0 Å². The Bertz CT molecular complexity index is 999. The summed E-state index contributed by atoms with van der Waals surface area (Å²) >= 11 is 0. The zero-order valence-electron chi connectivity index (χ0n) is 14.9. The number of rotatable bonds is 6. The molecule has 0 saturated heterocycles. The van der Waals surface area contributed by atoms with Crippen LogP contribution in [0, 0.1) is 6.92 Å². The predicted molar refractivity (Wildman–Crippen MR) is 110 cm³/mol. The zero-order valence-corrected chi connectivity index (χ0v) is 15.7. The van der Waals surface area contributed by atoms with Crippen molar-refractivity contribution in [2.45, 2.75) is 11.8 Å². The number of hydrogen-bond acceptors (Lipinski definition) is 3. The van der Waals surface area contributed by atoms with Crippen molar-refractivity contribution >= 4 is 21.8 Å². The first kappa shape index (κ1) is 18.6. The van der Waals surface area contributed by atoms with Gasteiger partial charge in [-0.1, -0.05) is 78.4 Å².